The highest BCUT2D eigenvalue weighted by Gasteiger charge is 2.41. The molecule has 0 saturated carbocycles. The van der Waals surface area contributed by atoms with Gasteiger partial charge in [-0.15, -0.1) is 0 Å². The number of cyclic esters (lactones) is 1. The topological polar surface area (TPSA) is 55.8 Å². The van der Waals surface area contributed by atoms with Crippen molar-refractivity contribution in [3.63, 3.8) is 0 Å². The molecule has 35 heavy (non-hydrogen) atoms. The predicted molar refractivity (Wildman–Crippen MR) is 142 cm³/mol. The minimum atomic E-state index is -0.615. The van der Waals surface area contributed by atoms with Gasteiger partial charge in [0.15, 0.2) is 0 Å². The van der Waals surface area contributed by atoms with Crippen molar-refractivity contribution in [2.24, 2.45) is 5.92 Å². The second-order valence-corrected chi connectivity index (χ2v) is 9.77. The Morgan fingerprint density at radius 2 is 1.69 bits per heavy atom. The van der Waals surface area contributed by atoms with Crippen LogP contribution < -0.4 is 0 Å². The van der Waals surface area contributed by atoms with Crippen molar-refractivity contribution in [1.82, 2.24) is 4.90 Å². The molecular weight excluding hydrogens is 580 g/mol. The summed E-state index contributed by atoms with van der Waals surface area (Å²) in [5.41, 5.74) is 2.71. The van der Waals surface area contributed by atoms with Gasteiger partial charge in [-0.2, -0.15) is 0 Å². The number of amides is 2. The van der Waals surface area contributed by atoms with Crippen LogP contribution in [0.15, 0.2) is 84.9 Å². The molecule has 0 spiro atoms. The molecule has 0 radical (unpaired) electrons. The van der Waals surface area contributed by atoms with Crippen LogP contribution in [0.4, 0.5) is 9.18 Å². The summed E-state index contributed by atoms with van der Waals surface area (Å²) in [7, 11) is 1.20. The lowest BCUT2D eigenvalue weighted by atomic mass is 9.90. The monoisotopic (exact) mass is 605 g/mol. The zero-order valence-electron chi connectivity index (χ0n) is 18.9. The Kier molecular flexibility index (Phi) is 9.17. The normalized spacial score (nSPS) is 17.1. The molecule has 4 rings (SSSR count). The van der Waals surface area contributed by atoms with Crippen LogP contribution in [0.5, 0.6) is 0 Å². The molecule has 0 N–H and O–H groups in total. The zero-order chi connectivity index (χ0) is 24.6. The quantitative estimate of drug-likeness (QED) is 0.180. The van der Waals surface area contributed by atoms with Crippen molar-refractivity contribution in [2.45, 2.75) is 31.4 Å². The van der Waals surface area contributed by atoms with Crippen molar-refractivity contribution >= 4 is 42.4 Å². The fraction of sp³-hybridized carbons (Fsp3) is 0.259. The maximum atomic E-state index is 13.8. The Morgan fingerprint density at radius 3 is 2.34 bits per heavy atom. The number of carbonyl (C=O) groups excluding carboxylic acids is 2. The predicted octanol–water partition coefficient (Wildman–Crippen LogP) is 7.24. The van der Waals surface area contributed by atoms with Crippen LogP contribution in [0.3, 0.4) is 0 Å². The van der Waals surface area contributed by atoms with Crippen molar-refractivity contribution in [3.05, 3.63) is 107 Å². The second kappa shape index (κ2) is 12.5. The number of hydrogen-bond donors (Lipinski definition) is 0. The third-order valence-electron chi connectivity index (χ3n) is 6.14. The molecule has 1 saturated heterocycles. The van der Waals surface area contributed by atoms with Crippen LogP contribution in [0.2, 0.25) is 0 Å². The number of rotatable bonds is 10. The highest BCUT2D eigenvalue weighted by atomic mass is 127. The molecule has 3 unspecified atom stereocenters. The van der Waals surface area contributed by atoms with E-state index in [9.17, 15) is 14.0 Å². The second-order valence-electron chi connectivity index (χ2n) is 8.38. The summed E-state index contributed by atoms with van der Waals surface area (Å²) in [6.07, 6.45) is 0.565. The average molecular weight is 605 g/mol. The van der Waals surface area contributed by atoms with E-state index in [2.05, 4.69) is 21.2 Å². The van der Waals surface area contributed by atoms with E-state index in [0.29, 0.717) is 19.3 Å². The van der Waals surface area contributed by atoms with Crippen LogP contribution in [0.1, 0.15) is 41.7 Å². The van der Waals surface area contributed by atoms with Crippen LogP contribution in [-0.2, 0) is 20.1 Å². The number of benzene rings is 3. The van der Waals surface area contributed by atoms with Crippen LogP contribution in [-0.4, -0.2) is 23.5 Å². The fourth-order valence-electron chi connectivity index (χ4n) is 4.34. The lowest BCUT2D eigenvalue weighted by Crippen LogP contribution is -2.39. The van der Waals surface area contributed by atoms with E-state index in [1.54, 1.807) is 12.1 Å². The summed E-state index contributed by atoms with van der Waals surface area (Å²) in [6, 6.07) is 25.0. The van der Waals surface area contributed by atoms with E-state index < -0.39 is 18.1 Å². The summed E-state index contributed by atoms with van der Waals surface area (Å²) in [5, 5.41) is 0. The van der Waals surface area contributed by atoms with Gasteiger partial charge in [-0.3, -0.25) is 8.98 Å². The van der Waals surface area contributed by atoms with Crippen molar-refractivity contribution < 1.29 is 22.9 Å². The molecular formula is C27H25FINO4S. The molecule has 8 heteroatoms. The lowest BCUT2D eigenvalue weighted by Gasteiger charge is -2.26. The summed E-state index contributed by atoms with van der Waals surface area (Å²) in [6.45, 7) is 0.138. The Bertz CT molecular complexity index is 1120. The Labute approximate surface area is 220 Å². The first kappa shape index (κ1) is 25.7. The van der Waals surface area contributed by atoms with E-state index in [4.69, 9.17) is 8.92 Å². The molecule has 3 atom stereocenters. The van der Waals surface area contributed by atoms with Crippen molar-refractivity contribution in [1.29, 1.82) is 0 Å². The van der Waals surface area contributed by atoms with Gasteiger partial charge in [0.2, 0.25) is 5.91 Å². The molecule has 182 valence electrons. The molecule has 2 amide bonds. The number of carbonyl (C=O) groups is 2. The third kappa shape index (κ3) is 6.62. The Balaban J connectivity index is 1.57. The number of hydrogen-bond acceptors (Lipinski definition) is 5. The van der Waals surface area contributed by atoms with Gasteiger partial charge in [0, 0.05) is 27.1 Å². The van der Waals surface area contributed by atoms with Gasteiger partial charge in [0.05, 0.1) is 15.3 Å². The first-order chi connectivity index (χ1) is 17.1. The molecule has 1 aliphatic heterocycles. The Hall–Kier alpha value is -2.43. The van der Waals surface area contributed by atoms with E-state index in [1.165, 1.54) is 26.2 Å². The number of halogens is 2. The molecule has 1 aliphatic rings. The maximum Gasteiger partial charge on any atom is 0.417 e. The highest BCUT2D eigenvalue weighted by Crippen LogP contribution is 2.35. The molecule has 0 aromatic heterocycles. The van der Waals surface area contributed by atoms with Gasteiger partial charge in [0.1, 0.15) is 18.5 Å². The van der Waals surface area contributed by atoms with Gasteiger partial charge >= 0.3 is 6.09 Å². The number of ether oxygens (including phenoxy) is 1. The zero-order valence-corrected chi connectivity index (χ0v) is 21.9. The minimum Gasteiger partial charge on any atom is -0.446 e. The summed E-state index contributed by atoms with van der Waals surface area (Å²) in [4.78, 5) is 27.8. The Morgan fingerprint density at radius 1 is 1.03 bits per heavy atom. The largest absolute Gasteiger partial charge is 0.446 e. The van der Waals surface area contributed by atoms with Crippen LogP contribution >= 0.6 is 30.4 Å². The molecule has 1 heterocycles. The summed E-state index contributed by atoms with van der Waals surface area (Å²) in [5.74, 6) is -1.03. The van der Waals surface area contributed by atoms with E-state index in [0.717, 1.165) is 16.7 Å². The number of nitrogens with zero attached hydrogens (tertiary/aromatic N) is 1. The lowest BCUT2D eigenvalue weighted by molar-refractivity contribution is -0.133. The van der Waals surface area contributed by atoms with Crippen molar-refractivity contribution in [3.8, 4) is 0 Å². The molecule has 1 fully saturated rings. The van der Waals surface area contributed by atoms with Gasteiger partial charge in [0.25, 0.3) is 0 Å². The highest BCUT2D eigenvalue weighted by molar-refractivity contribution is 14.2. The average Bonchev–Trinajstić information content (AvgIpc) is 3.28. The summed E-state index contributed by atoms with van der Waals surface area (Å²) < 4.78 is 24.6. The first-order valence-electron chi connectivity index (χ1n) is 11.3. The number of imide groups is 1. The van der Waals surface area contributed by atoms with E-state index in [1.807, 2.05) is 60.7 Å². The van der Waals surface area contributed by atoms with Gasteiger partial charge in [-0.1, -0.05) is 72.8 Å². The smallest absolute Gasteiger partial charge is 0.417 e. The molecule has 5 nitrogen and oxygen atoms in total. The first-order valence-corrected chi connectivity index (χ1v) is 14.6. The fourth-order valence-corrected chi connectivity index (χ4v) is 5.38. The van der Waals surface area contributed by atoms with Crippen LogP contribution in [0, 0.1) is 11.7 Å². The van der Waals surface area contributed by atoms with Gasteiger partial charge in [-0.05, 0) is 48.1 Å². The molecule has 0 aliphatic carbocycles. The molecule has 0 bridgehead atoms. The van der Waals surface area contributed by atoms with Gasteiger partial charge < -0.3 is 4.74 Å². The van der Waals surface area contributed by atoms with Crippen LogP contribution in [0.25, 0.3) is 0 Å². The standard InChI is InChI=1S/C27H25FINO4S/c28-23-14-11-21(12-15-23)25(34-35-29)16-13-22(17-19-7-3-1-4-8-19)26(31)30-24(18-33-27(30)32)20-9-5-2-6-10-20/h1-12,14-15,22,24-25H,13,16-18H2. The maximum absolute atomic E-state index is 13.8. The molecule has 3 aromatic carbocycles. The van der Waals surface area contributed by atoms with E-state index in [-0.39, 0.29) is 24.4 Å². The van der Waals surface area contributed by atoms with Gasteiger partial charge in [-0.25, -0.2) is 14.1 Å². The SMILES string of the molecule is O=C1OCC(c2ccccc2)N1C(=O)C(CCC(OSI)c1ccc(F)cc1)Cc1ccccc1. The summed E-state index contributed by atoms with van der Waals surface area (Å²) >= 11 is 2.05. The van der Waals surface area contributed by atoms with Crippen molar-refractivity contribution in [2.75, 3.05) is 6.61 Å². The molecule has 3 aromatic rings. The third-order valence-corrected chi connectivity index (χ3v) is 7.07. The van der Waals surface area contributed by atoms with E-state index >= 15 is 0 Å². The minimum absolute atomic E-state index is 0.138.